The number of hydrogen-bond donors (Lipinski definition) is 1. The minimum absolute atomic E-state index is 0.116. The standard InChI is InChI=1S/C24H26N6O5S/c1-15-11-27-18(13-26-15)23(31)16(2)36(32,33)14-21-28-29-24(17-7-6-10-25-12-17)30(21)22-19(34-3)8-5-9-20(22)35-4/h5-13,16,23,31H,14H2,1-4H3/t16-,23-/m0/s1. The number of aliphatic hydroxyl groups excluding tert-OH is 1. The molecule has 3 aromatic heterocycles. The zero-order valence-electron chi connectivity index (χ0n) is 20.2. The molecule has 0 radical (unpaired) electrons. The molecule has 0 amide bonds. The number of aromatic nitrogens is 6. The number of ether oxygens (including phenoxy) is 2. The molecule has 12 heteroatoms. The van der Waals surface area contributed by atoms with Crippen molar-refractivity contribution in [2.75, 3.05) is 14.2 Å². The molecule has 0 aliphatic rings. The fourth-order valence-corrected chi connectivity index (χ4v) is 5.02. The summed E-state index contributed by atoms with van der Waals surface area (Å²) in [7, 11) is -0.940. The van der Waals surface area contributed by atoms with Crippen LogP contribution in [0.1, 0.15) is 30.2 Å². The largest absolute Gasteiger partial charge is 0.494 e. The first-order chi connectivity index (χ1) is 17.3. The van der Waals surface area contributed by atoms with E-state index in [9.17, 15) is 13.5 Å². The number of rotatable bonds is 9. The maximum absolute atomic E-state index is 13.5. The third-order valence-electron chi connectivity index (χ3n) is 5.72. The van der Waals surface area contributed by atoms with E-state index in [4.69, 9.17) is 9.47 Å². The fraction of sp³-hybridized carbons (Fsp3) is 0.292. The molecule has 4 rings (SSSR count). The first-order valence-corrected chi connectivity index (χ1v) is 12.7. The van der Waals surface area contributed by atoms with Crippen LogP contribution < -0.4 is 9.47 Å². The highest BCUT2D eigenvalue weighted by molar-refractivity contribution is 7.91. The number of aliphatic hydroxyl groups is 1. The lowest BCUT2D eigenvalue weighted by atomic mass is 10.2. The molecule has 0 saturated carbocycles. The van der Waals surface area contributed by atoms with E-state index >= 15 is 0 Å². The Balaban J connectivity index is 1.81. The first kappa shape index (κ1) is 25.2. The Morgan fingerprint density at radius 3 is 2.31 bits per heavy atom. The third kappa shape index (κ3) is 4.90. The van der Waals surface area contributed by atoms with Crippen molar-refractivity contribution in [2.24, 2.45) is 0 Å². The molecule has 1 aromatic carbocycles. The van der Waals surface area contributed by atoms with E-state index in [2.05, 4.69) is 25.1 Å². The number of sulfone groups is 1. The Labute approximate surface area is 208 Å². The molecule has 0 aliphatic heterocycles. The minimum Gasteiger partial charge on any atom is -0.494 e. The molecular weight excluding hydrogens is 484 g/mol. The van der Waals surface area contributed by atoms with Crippen LogP contribution in [0, 0.1) is 6.92 Å². The van der Waals surface area contributed by atoms with Crippen molar-refractivity contribution in [3.63, 3.8) is 0 Å². The highest BCUT2D eigenvalue weighted by Gasteiger charge is 2.33. The van der Waals surface area contributed by atoms with Crippen molar-refractivity contribution in [1.29, 1.82) is 0 Å². The normalized spacial score (nSPS) is 13.2. The summed E-state index contributed by atoms with van der Waals surface area (Å²) < 4.78 is 39.6. The van der Waals surface area contributed by atoms with Crippen molar-refractivity contribution in [3.8, 4) is 28.6 Å². The highest BCUT2D eigenvalue weighted by Crippen LogP contribution is 2.37. The second kappa shape index (κ2) is 10.4. The van der Waals surface area contributed by atoms with Gasteiger partial charge < -0.3 is 14.6 Å². The van der Waals surface area contributed by atoms with Crippen LogP contribution in [0.3, 0.4) is 0 Å². The topological polar surface area (TPSA) is 142 Å². The van der Waals surface area contributed by atoms with Gasteiger partial charge in [0.1, 0.15) is 29.0 Å². The molecule has 36 heavy (non-hydrogen) atoms. The molecule has 188 valence electrons. The summed E-state index contributed by atoms with van der Waals surface area (Å²) in [5.74, 6) is 0.820. The van der Waals surface area contributed by atoms with E-state index in [-0.39, 0.29) is 11.5 Å². The predicted octanol–water partition coefficient (Wildman–Crippen LogP) is 2.48. The highest BCUT2D eigenvalue weighted by atomic mass is 32.2. The van der Waals surface area contributed by atoms with Gasteiger partial charge in [-0.05, 0) is 38.1 Å². The second-order valence-electron chi connectivity index (χ2n) is 8.07. The van der Waals surface area contributed by atoms with E-state index in [1.165, 1.54) is 33.5 Å². The van der Waals surface area contributed by atoms with E-state index in [1.54, 1.807) is 54.2 Å². The molecule has 0 unspecified atom stereocenters. The van der Waals surface area contributed by atoms with Crippen LogP contribution in [0.4, 0.5) is 0 Å². The van der Waals surface area contributed by atoms with Crippen molar-refractivity contribution >= 4 is 9.84 Å². The number of methoxy groups -OCH3 is 2. The number of benzene rings is 1. The van der Waals surface area contributed by atoms with E-state index in [0.29, 0.717) is 34.3 Å². The zero-order valence-corrected chi connectivity index (χ0v) is 21.0. The van der Waals surface area contributed by atoms with Gasteiger partial charge in [-0.15, -0.1) is 10.2 Å². The molecule has 1 N–H and O–H groups in total. The lowest BCUT2D eigenvalue weighted by Gasteiger charge is -2.20. The van der Waals surface area contributed by atoms with Crippen LogP contribution in [0.25, 0.3) is 17.1 Å². The van der Waals surface area contributed by atoms with Crippen molar-refractivity contribution in [2.45, 2.75) is 31.0 Å². The van der Waals surface area contributed by atoms with Crippen LogP contribution in [0.15, 0.2) is 55.1 Å². The smallest absolute Gasteiger partial charge is 0.170 e. The summed E-state index contributed by atoms with van der Waals surface area (Å²) in [4.78, 5) is 12.4. The summed E-state index contributed by atoms with van der Waals surface area (Å²) >= 11 is 0. The molecule has 0 bridgehead atoms. The molecule has 0 spiro atoms. The summed E-state index contributed by atoms with van der Waals surface area (Å²) in [6, 6.07) is 8.74. The van der Waals surface area contributed by atoms with E-state index < -0.39 is 26.9 Å². The molecule has 0 fully saturated rings. The summed E-state index contributed by atoms with van der Waals surface area (Å²) in [6.07, 6.45) is 4.69. The van der Waals surface area contributed by atoms with Crippen LogP contribution in [-0.2, 0) is 15.6 Å². The number of nitrogens with zero attached hydrogens (tertiary/aromatic N) is 6. The van der Waals surface area contributed by atoms with Crippen LogP contribution in [-0.4, -0.2) is 62.7 Å². The maximum atomic E-state index is 13.5. The molecule has 0 saturated heterocycles. The van der Waals surface area contributed by atoms with Gasteiger partial charge in [0.25, 0.3) is 0 Å². The quantitative estimate of drug-likeness (QED) is 0.357. The maximum Gasteiger partial charge on any atom is 0.170 e. The fourth-order valence-electron chi connectivity index (χ4n) is 3.68. The Kier molecular flexibility index (Phi) is 7.27. The number of para-hydroxylation sites is 1. The number of hydrogen-bond acceptors (Lipinski definition) is 10. The van der Waals surface area contributed by atoms with E-state index in [0.717, 1.165) is 0 Å². The monoisotopic (exact) mass is 510 g/mol. The zero-order chi connectivity index (χ0) is 25.9. The van der Waals surface area contributed by atoms with Crippen molar-refractivity contribution < 1.29 is 23.0 Å². The van der Waals surface area contributed by atoms with Gasteiger partial charge in [-0.25, -0.2) is 8.42 Å². The number of pyridine rings is 1. The van der Waals surface area contributed by atoms with Gasteiger partial charge in [0.2, 0.25) is 0 Å². The number of aryl methyl sites for hydroxylation is 1. The molecule has 2 atom stereocenters. The molecule has 3 heterocycles. The molecule has 0 aliphatic carbocycles. The van der Waals surface area contributed by atoms with Gasteiger partial charge in [0.05, 0.1) is 37.1 Å². The summed E-state index contributed by atoms with van der Waals surface area (Å²) in [5.41, 5.74) is 1.88. The van der Waals surface area contributed by atoms with Gasteiger partial charge in [-0.1, -0.05) is 6.07 Å². The Morgan fingerprint density at radius 2 is 1.72 bits per heavy atom. The second-order valence-corrected chi connectivity index (χ2v) is 10.4. The average Bonchev–Trinajstić information content (AvgIpc) is 3.30. The van der Waals surface area contributed by atoms with Crippen LogP contribution in [0.2, 0.25) is 0 Å². The average molecular weight is 511 g/mol. The van der Waals surface area contributed by atoms with Crippen LogP contribution >= 0.6 is 0 Å². The van der Waals surface area contributed by atoms with E-state index in [1.807, 2.05) is 0 Å². The third-order valence-corrected chi connectivity index (χ3v) is 7.77. The molecular formula is C24H26N6O5S. The van der Waals surface area contributed by atoms with Gasteiger partial charge >= 0.3 is 0 Å². The van der Waals surface area contributed by atoms with Crippen LogP contribution in [0.5, 0.6) is 11.5 Å². The lowest BCUT2D eigenvalue weighted by molar-refractivity contribution is 0.170. The SMILES string of the molecule is COc1cccc(OC)c1-n1c(CS(=O)(=O)[C@@H](C)[C@H](O)c2cnc(C)cn2)nnc1-c1cccnc1. The van der Waals surface area contributed by atoms with Gasteiger partial charge in [-0.2, -0.15) is 0 Å². The van der Waals surface area contributed by atoms with Crippen molar-refractivity contribution in [1.82, 2.24) is 29.7 Å². The van der Waals surface area contributed by atoms with Gasteiger partial charge in [-0.3, -0.25) is 19.5 Å². The minimum atomic E-state index is -3.95. The van der Waals surface area contributed by atoms with Gasteiger partial charge in [0, 0.05) is 24.2 Å². The Morgan fingerprint density at radius 1 is 1.00 bits per heavy atom. The summed E-state index contributed by atoms with van der Waals surface area (Å²) in [5, 5.41) is 18.1. The summed E-state index contributed by atoms with van der Waals surface area (Å²) in [6.45, 7) is 3.18. The Bertz CT molecular complexity index is 1420. The first-order valence-electron chi connectivity index (χ1n) is 11.0. The molecule has 4 aromatic rings. The Hall–Kier alpha value is -3.90. The van der Waals surface area contributed by atoms with Gasteiger partial charge in [0.15, 0.2) is 21.5 Å². The predicted molar refractivity (Wildman–Crippen MR) is 132 cm³/mol. The lowest BCUT2D eigenvalue weighted by Crippen LogP contribution is -2.28. The molecule has 11 nitrogen and oxygen atoms in total. The van der Waals surface area contributed by atoms with Crippen molar-refractivity contribution in [3.05, 3.63) is 72.3 Å².